The highest BCUT2D eigenvalue weighted by molar-refractivity contribution is 4.62. The zero-order valence-electron chi connectivity index (χ0n) is 7.61. The summed E-state index contributed by atoms with van der Waals surface area (Å²) in [7, 11) is 0. The van der Waals surface area contributed by atoms with Gasteiger partial charge in [-0.3, -0.25) is 0 Å². The monoisotopic (exact) mass is 164 g/mol. The molecule has 3 unspecified atom stereocenters. The average molecular weight is 164 g/mol. The Bertz CT molecular complexity index is 91.6. The Labute approximate surface area is 68.0 Å². The van der Waals surface area contributed by atoms with E-state index in [1.54, 1.807) is 0 Å². The Morgan fingerprint density at radius 1 is 1.09 bits per heavy atom. The van der Waals surface area contributed by atoms with Crippen LogP contribution in [0.4, 0.5) is 8.78 Å². The molecule has 0 amide bonds. The zero-order chi connectivity index (χ0) is 8.85. The van der Waals surface area contributed by atoms with Crippen molar-refractivity contribution in [2.24, 2.45) is 5.92 Å². The summed E-state index contributed by atoms with van der Waals surface area (Å²) in [4.78, 5) is 0. The first-order valence-electron chi connectivity index (χ1n) is 4.34. The molecule has 0 aliphatic rings. The van der Waals surface area contributed by atoms with Crippen LogP contribution in [0.25, 0.3) is 0 Å². The third-order valence-corrected chi connectivity index (χ3v) is 1.83. The Kier molecular flexibility index (Phi) is 5.43. The summed E-state index contributed by atoms with van der Waals surface area (Å²) in [6.45, 7) is 5.24. The predicted octanol–water partition coefficient (Wildman–Crippen LogP) is 3.51. The van der Waals surface area contributed by atoms with E-state index in [0.717, 1.165) is 0 Å². The molecule has 0 spiro atoms. The summed E-state index contributed by atoms with van der Waals surface area (Å²) >= 11 is 0. The van der Waals surface area contributed by atoms with Crippen molar-refractivity contribution >= 4 is 0 Å². The van der Waals surface area contributed by atoms with Crippen molar-refractivity contribution in [3.05, 3.63) is 0 Å². The molecule has 3 atom stereocenters. The molecule has 0 saturated carbocycles. The van der Waals surface area contributed by atoms with Gasteiger partial charge < -0.3 is 0 Å². The first-order valence-corrected chi connectivity index (χ1v) is 4.34. The van der Waals surface area contributed by atoms with E-state index in [1.807, 2.05) is 13.8 Å². The van der Waals surface area contributed by atoms with Crippen molar-refractivity contribution in [3.8, 4) is 0 Å². The smallest absolute Gasteiger partial charge is 0.100 e. The van der Waals surface area contributed by atoms with Gasteiger partial charge in [-0.15, -0.1) is 0 Å². The molecule has 0 aromatic rings. The van der Waals surface area contributed by atoms with Crippen molar-refractivity contribution in [1.82, 2.24) is 0 Å². The molecular weight excluding hydrogens is 146 g/mol. The lowest BCUT2D eigenvalue weighted by molar-refractivity contribution is 0.228. The predicted molar refractivity (Wildman–Crippen MR) is 44.2 cm³/mol. The largest absolute Gasteiger partial charge is 0.248 e. The molecule has 0 heterocycles. The maximum absolute atomic E-state index is 12.7. The minimum atomic E-state index is -0.797. The average Bonchev–Trinajstić information content (AvgIpc) is 1.85. The molecule has 0 radical (unpaired) electrons. The second-order valence-corrected chi connectivity index (χ2v) is 3.36. The van der Waals surface area contributed by atoms with E-state index < -0.39 is 12.3 Å². The third kappa shape index (κ3) is 6.27. The second kappa shape index (κ2) is 5.50. The van der Waals surface area contributed by atoms with Crippen molar-refractivity contribution in [1.29, 1.82) is 0 Å². The Hall–Kier alpha value is -0.140. The summed E-state index contributed by atoms with van der Waals surface area (Å²) in [6, 6.07) is 0. The fourth-order valence-corrected chi connectivity index (χ4v) is 1.25. The van der Waals surface area contributed by atoms with Crippen LogP contribution in [-0.2, 0) is 0 Å². The molecule has 0 fully saturated rings. The van der Waals surface area contributed by atoms with Gasteiger partial charge in [-0.25, -0.2) is 8.78 Å². The molecule has 0 aliphatic carbocycles. The van der Waals surface area contributed by atoms with E-state index in [-0.39, 0.29) is 5.92 Å². The molecule has 0 bridgehead atoms. The molecule has 0 rings (SSSR count). The molecule has 0 aromatic carbocycles. The van der Waals surface area contributed by atoms with Gasteiger partial charge in [0.1, 0.15) is 6.17 Å². The molecule has 11 heavy (non-hydrogen) atoms. The SMILES string of the molecule is CCC(F)CC(C)CC(C)F. The lowest BCUT2D eigenvalue weighted by Gasteiger charge is -2.13. The Morgan fingerprint density at radius 3 is 2.00 bits per heavy atom. The molecule has 68 valence electrons. The first kappa shape index (κ1) is 10.9. The third-order valence-electron chi connectivity index (χ3n) is 1.83. The Morgan fingerprint density at radius 2 is 1.64 bits per heavy atom. The molecule has 0 N–H and O–H groups in total. The summed E-state index contributed by atoms with van der Waals surface area (Å²) in [5, 5.41) is 0. The van der Waals surface area contributed by atoms with E-state index in [4.69, 9.17) is 0 Å². The minimum absolute atomic E-state index is 0.171. The Balaban J connectivity index is 3.43. The number of hydrogen-bond donors (Lipinski definition) is 0. The van der Waals surface area contributed by atoms with Crippen molar-refractivity contribution in [2.45, 2.75) is 52.4 Å². The highest BCUT2D eigenvalue weighted by Crippen LogP contribution is 2.17. The molecule has 2 heteroatoms. The second-order valence-electron chi connectivity index (χ2n) is 3.36. The van der Waals surface area contributed by atoms with Gasteiger partial charge in [-0.05, 0) is 32.1 Å². The fraction of sp³-hybridized carbons (Fsp3) is 1.00. The number of hydrogen-bond acceptors (Lipinski definition) is 0. The van der Waals surface area contributed by atoms with E-state index in [1.165, 1.54) is 6.92 Å². The summed E-state index contributed by atoms with van der Waals surface area (Å²) in [5.74, 6) is 0.171. The van der Waals surface area contributed by atoms with Gasteiger partial charge in [0, 0.05) is 0 Å². The van der Waals surface area contributed by atoms with Gasteiger partial charge in [0.25, 0.3) is 0 Å². The van der Waals surface area contributed by atoms with E-state index in [2.05, 4.69) is 0 Å². The van der Waals surface area contributed by atoms with Gasteiger partial charge >= 0.3 is 0 Å². The number of rotatable bonds is 5. The van der Waals surface area contributed by atoms with Crippen LogP contribution in [0.15, 0.2) is 0 Å². The highest BCUT2D eigenvalue weighted by Gasteiger charge is 2.12. The molecular formula is C9H18F2. The van der Waals surface area contributed by atoms with Crippen LogP contribution in [0.1, 0.15) is 40.0 Å². The van der Waals surface area contributed by atoms with Crippen LogP contribution in [0.5, 0.6) is 0 Å². The van der Waals surface area contributed by atoms with Crippen molar-refractivity contribution in [3.63, 3.8) is 0 Å². The van der Waals surface area contributed by atoms with Crippen LogP contribution >= 0.6 is 0 Å². The van der Waals surface area contributed by atoms with E-state index >= 15 is 0 Å². The zero-order valence-corrected chi connectivity index (χ0v) is 7.61. The maximum Gasteiger partial charge on any atom is 0.100 e. The molecule has 0 aliphatic heterocycles. The van der Waals surface area contributed by atoms with Gasteiger partial charge in [-0.2, -0.15) is 0 Å². The maximum atomic E-state index is 12.7. The van der Waals surface area contributed by atoms with Gasteiger partial charge in [0.05, 0.1) is 6.17 Å². The van der Waals surface area contributed by atoms with Crippen LogP contribution in [0.2, 0.25) is 0 Å². The normalized spacial score (nSPS) is 19.4. The molecule has 0 nitrogen and oxygen atoms in total. The summed E-state index contributed by atoms with van der Waals surface area (Å²) in [5.41, 5.74) is 0. The minimum Gasteiger partial charge on any atom is -0.248 e. The number of halogens is 2. The van der Waals surface area contributed by atoms with Crippen LogP contribution in [-0.4, -0.2) is 12.3 Å². The lowest BCUT2D eigenvalue weighted by Crippen LogP contribution is -2.09. The van der Waals surface area contributed by atoms with Gasteiger partial charge in [-0.1, -0.05) is 13.8 Å². The topological polar surface area (TPSA) is 0 Å². The first-order chi connectivity index (χ1) is 5.06. The van der Waals surface area contributed by atoms with Crippen molar-refractivity contribution < 1.29 is 8.78 Å². The van der Waals surface area contributed by atoms with E-state index in [9.17, 15) is 8.78 Å². The summed E-state index contributed by atoms with van der Waals surface area (Å²) in [6.07, 6.45) is -0.00581. The standard InChI is InChI=1S/C9H18F2/c1-4-9(11)6-7(2)5-8(3)10/h7-9H,4-6H2,1-3H3. The van der Waals surface area contributed by atoms with Crippen LogP contribution < -0.4 is 0 Å². The molecule has 0 saturated heterocycles. The van der Waals surface area contributed by atoms with E-state index in [0.29, 0.717) is 19.3 Å². The fourth-order valence-electron chi connectivity index (χ4n) is 1.25. The highest BCUT2D eigenvalue weighted by atomic mass is 19.1. The van der Waals surface area contributed by atoms with Gasteiger partial charge in [0.2, 0.25) is 0 Å². The van der Waals surface area contributed by atoms with Gasteiger partial charge in [0.15, 0.2) is 0 Å². The molecule has 0 aromatic heterocycles. The number of alkyl halides is 2. The summed E-state index contributed by atoms with van der Waals surface area (Å²) < 4.78 is 25.1. The van der Waals surface area contributed by atoms with Crippen LogP contribution in [0, 0.1) is 5.92 Å². The lowest BCUT2D eigenvalue weighted by atomic mass is 9.98. The van der Waals surface area contributed by atoms with Crippen molar-refractivity contribution in [2.75, 3.05) is 0 Å². The quantitative estimate of drug-likeness (QED) is 0.583. The van der Waals surface area contributed by atoms with Crippen LogP contribution in [0.3, 0.4) is 0 Å².